The molecule has 1 aliphatic carbocycles. The van der Waals surface area contributed by atoms with Crippen LogP contribution in [0.25, 0.3) is 10.9 Å². The number of para-hydroxylation sites is 1. The Bertz CT molecular complexity index is 1050. The normalized spacial score (nSPS) is 14.0. The topological polar surface area (TPSA) is 90.6 Å². The molecule has 3 aromatic rings. The Morgan fingerprint density at radius 3 is 2.77 bits per heavy atom. The second-order valence-corrected chi connectivity index (χ2v) is 7.83. The quantitative estimate of drug-likeness (QED) is 0.172. The summed E-state index contributed by atoms with van der Waals surface area (Å²) in [5.74, 6) is 0.0171. The van der Waals surface area contributed by atoms with E-state index in [9.17, 15) is 5.11 Å². The molecule has 3 N–H and O–H groups in total. The standard InChI is InChI=1S/C24H28N4O2/c29-23-14-13-17(27-22(23)16-26-30)8-6-7-15-25-24-18-9-2-1-3-11-20(18)28-21-12-5-4-10-19(21)24/h4-5,10,12-14,16,29-30H,1-3,6-9,11,15H2,(H,25,28)/b26-16+. The van der Waals surface area contributed by atoms with Crippen LogP contribution in [0.5, 0.6) is 5.75 Å². The smallest absolute Gasteiger partial charge is 0.142 e. The van der Waals surface area contributed by atoms with Crippen LogP contribution >= 0.6 is 0 Å². The number of nitrogens with one attached hydrogen (secondary N) is 1. The Kier molecular flexibility index (Phi) is 6.42. The van der Waals surface area contributed by atoms with Crippen molar-refractivity contribution in [2.45, 2.75) is 51.4 Å². The van der Waals surface area contributed by atoms with Gasteiger partial charge in [-0.2, -0.15) is 0 Å². The van der Waals surface area contributed by atoms with Crippen molar-refractivity contribution < 1.29 is 10.3 Å². The lowest BCUT2D eigenvalue weighted by molar-refractivity contribution is 0.321. The van der Waals surface area contributed by atoms with Gasteiger partial charge in [-0.1, -0.05) is 29.8 Å². The van der Waals surface area contributed by atoms with E-state index in [0.717, 1.165) is 56.1 Å². The molecule has 4 rings (SSSR count). The fourth-order valence-electron chi connectivity index (χ4n) is 4.19. The molecule has 2 heterocycles. The SMILES string of the molecule is O/N=C/c1nc(CCCCNc2c3c(nc4ccccc24)CCCCC3)ccc1O. The summed E-state index contributed by atoms with van der Waals surface area (Å²) in [5.41, 5.74) is 6.18. The lowest BCUT2D eigenvalue weighted by Gasteiger charge is -2.17. The molecule has 0 unspecified atom stereocenters. The van der Waals surface area contributed by atoms with Crippen LogP contribution in [-0.4, -0.2) is 33.0 Å². The van der Waals surface area contributed by atoms with Gasteiger partial charge in [-0.25, -0.2) is 4.98 Å². The summed E-state index contributed by atoms with van der Waals surface area (Å²) in [5, 5.41) is 26.3. The van der Waals surface area contributed by atoms with Gasteiger partial charge in [-0.05, 0) is 68.7 Å². The van der Waals surface area contributed by atoms with E-state index in [2.05, 4.69) is 39.7 Å². The maximum atomic E-state index is 9.73. The van der Waals surface area contributed by atoms with Crippen molar-refractivity contribution in [3.8, 4) is 5.75 Å². The highest BCUT2D eigenvalue weighted by atomic mass is 16.4. The molecule has 0 saturated heterocycles. The second kappa shape index (κ2) is 9.57. The van der Waals surface area contributed by atoms with Crippen molar-refractivity contribution in [3.05, 3.63) is 59.0 Å². The lowest BCUT2D eigenvalue weighted by atomic mass is 10.0. The molecule has 30 heavy (non-hydrogen) atoms. The molecule has 6 nitrogen and oxygen atoms in total. The largest absolute Gasteiger partial charge is 0.506 e. The van der Waals surface area contributed by atoms with E-state index >= 15 is 0 Å². The molecule has 0 fully saturated rings. The summed E-state index contributed by atoms with van der Waals surface area (Å²) < 4.78 is 0. The Balaban J connectivity index is 1.42. The number of oxime groups is 1. The number of aromatic hydroxyl groups is 1. The number of fused-ring (bicyclic) bond motifs is 2. The number of benzene rings is 1. The molecule has 0 aliphatic heterocycles. The molecule has 0 saturated carbocycles. The molecule has 1 aromatic carbocycles. The number of aryl methyl sites for hydroxylation is 2. The first-order chi connectivity index (χ1) is 14.8. The van der Waals surface area contributed by atoms with E-state index in [1.807, 2.05) is 6.07 Å². The highest BCUT2D eigenvalue weighted by Crippen LogP contribution is 2.32. The molecule has 0 atom stereocenters. The summed E-state index contributed by atoms with van der Waals surface area (Å²) >= 11 is 0. The Morgan fingerprint density at radius 2 is 1.87 bits per heavy atom. The minimum atomic E-state index is 0.0171. The van der Waals surface area contributed by atoms with Gasteiger partial charge in [-0.3, -0.25) is 4.98 Å². The van der Waals surface area contributed by atoms with Crippen LogP contribution in [0.1, 0.15) is 54.7 Å². The fourth-order valence-corrected chi connectivity index (χ4v) is 4.19. The average molecular weight is 405 g/mol. The van der Waals surface area contributed by atoms with Crippen molar-refractivity contribution in [3.63, 3.8) is 0 Å². The number of pyridine rings is 2. The molecule has 6 heteroatoms. The molecular weight excluding hydrogens is 376 g/mol. The van der Waals surface area contributed by atoms with Crippen molar-refractivity contribution in [2.75, 3.05) is 11.9 Å². The van der Waals surface area contributed by atoms with Gasteiger partial charge in [0, 0.05) is 29.0 Å². The Labute approximate surface area is 176 Å². The third kappa shape index (κ3) is 4.53. The molecule has 1 aliphatic rings. The van der Waals surface area contributed by atoms with Crippen LogP contribution in [0.3, 0.4) is 0 Å². The summed E-state index contributed by atoms with van der Waals surface area (Å²) in [7, 11) is 0. The molecular formula is C24H28N4O2. The number of unbranched alkanes of at least 4 members (excludes halogenated alkanes) is 1. The van der Waals surface area contributed by atoms with Gasteiger partial charge in [0.2, 0.25) is 0 Å². The maximum absolute atomic E-state index is 9.73. The van der Waals surface area contributed by atoms with E-state index in [0.29, 0.717) is 5.69 Å². The highest BCUT2D eigenvalue weighted by Gasteiger charge is 2.16. The third-order valence-corrected chi connectivity index (χ3v) is 5.72. The molecule has 156 valence electrons. The number of rotatable bonds is 7. The van der Waals surface area contributed by atoms with Crippen molar-refractivity contribution in [1.29, 1.82) is 0 Å². The molecule has 0 bridgehead atoms. The maximum Gasteiger partial charge on any atom is 0.142 e. The van der Waals surface area contributed by atoms with Crippen molar-refractivity contribution in [1.82, 2.24) is 9.97 Å². The van der Waals surface area contributed by atoms with Crippen LogP contribution in [0.4, 0.5) is 5.69 Å². The van der Waals surface area contributed by atoms with E-state index in [-0.39, 0.29) is 5.75 Å². The number of hydrogen-bond acceptors (Lipinski definition) is 6. The van der Waals surface area contributed by atoms with Gasteiger partial charge in [-0.15, -0.1) is 0 Å². The lowest BCUT2D eigenvalue weighted by Crippen LogP contribution is -2.09. The van der Waals surface area contributed by atoms with Gasteiger partial charge in [0.25, 0.3) is 0 Å². The molecule has 0 spiro atoms. The Hall–Kier alpha value is -3.15. The monoisotopic (exact) mass is 404 g/mol. The average Bonchev–Trinajstić information content (AvgIpc) is 3.00. The first-order valence-electron chi connectivity index (χ1n) is 10.8. The van der Waals surface area contributed by atoms with Crippen LogP contribution < -0.4 is 5.32 Å². The summed E-state index contributed by atoms with van der Waals surface area (Å²) in [6, 6.07) is 11.8. The van der Waals surface area contributed by atoms with E-state index < -0.39 is 0 Å². The summed E-state index contributed by atoms with van der Waals surface area (Å²) in [6.07, 6.45) is 9.85. The van der Waals surface area contributed by atoms with Gasteiger partial charge < -0.3 is 15.6 Å². The first-order valence-corrected chi connectivity index (χ1v) is 10.8. The zero-order valence-corrected chi connectivity index (χ0v) is 17.1. The third-order valence-electron chi connectivity index (χ3n) is 5.72. The van der Waals surface area contributed by atoms with E-state index in [1.165, 1.54) is 41.6 Å². The van der Waals surface area contributed by atoms with Crippen molar-refractivity contribution >= 4 is 22.8 Å². The molecule has 2 aromatic heterocycles. The van der Waals surface area contributed by atoms with Gasteiger partial charge in [0.05, 0.1) is 11.7 Å². The minimum absolute atomic E-state index is 0.0171. The van der Waals surface area contributed by atoms with E-state index in [1.54, 1.807) is 6.07 Å². The van der Waals surface area contributed by atoms with Crippen LogP contribution in [0.15, 0.2) is 41.6 Å². The fraction of sp³-hybridized carbons (Fsp3) is 0.375. The van der Waals surface area contributed by atoms with Gasteiger partial charge >= 0.3 is 0 Å². The predicted molar refractivity (Wildman–Crippen MR) is 120 cm³/mol. The van der Waals surface area contributed by atoms with Crippen molar-refractivity contribution in [2.24, 2.45) is 5.16 Å². The number of nitrogens with zero attached hydrogens (tertiary/aromatic N) is 3. The van der Waals surface area contributed by atoms with Gasteiger partial charge in [0.1, 0.15) is 11.4 Å². The summed E-state index contributed by atoms with van der Waals surface area (Å²) in [6.45, 7) is 0.892. The number of aromatic nitrogens is 2. The number of hydrogen-bond donors (Lipinski definition) is 3. The van der Waals surface area contributed by atoms with Gasteiger partial charge in [0.15, 0.2) is 0 Å². The molecule has 0 amide bonds. The zero-order chi connectivity index (χ0) is 20.8. The van der Waals surface area contributed by atoms with Crippen LogP contribution in [0, 0.1) is 0 Å². The Morgan fingerprint density at radius 1 is 1.00 bits per heavy atom. The van der Waals surface area contributed by atoms with Crippen LogP contribution in [0.2, 0.25) is 0 Å². The predicted octanol–water partition coefficient (Wildman–Crippen LogP) is 4.85. The first kappa shape index (κ1) is 20.1. The second-order valence-electron chi connectivity index (χ2n) is 7.83. The van der Waals surface area contributed by atoms with E-state index in [4.69, 9.17) is 10.2 Å². The van der Waals surface area contributed by atoms with Crippen LogP contribution in [-0.2, 0) is 19.3 Å². The molecule has 0 radical (unpaired) electrons. The highest BCUT2D eigenvalue weighted by molar-refractivity contribution is 5.93. The minimum Gasteiger partial charge on any atom is -0.506 e. The number of anilines is 1. The zero-order valence-electron chi connectivity index (χ0n) is 17.1. The summed E-state index contributed by atoms with van der Waals surface area (Å²) in [4.78, 5) is 9.29.